The summed E-state index contributed by atoms with van der Waals surface area (Å²) in [7, 11) is 3.72. The Morgan fingerprint density at radius 3 is 2.75 bits per heavy atom. The van der Waals surface area contributed by atoms with Crippen molar-refractivity contribution in [2.75, 3.05) is 24.3 Å². The summed E-state index contributed by atoms with van der Waals surface area (Å²) in [5.74, 6) is 0.705. The molecule has 0 saturated heterocycles. The van der Waals surface area contributed by atoms with Crippen molar-refractivity contribution in [3.8, 4) is 0 Å². The van der Waals surface area contributed by atoms with Crippen molar-refractivity contribution in [2.45, 2.75) is 19.5 Å². The fourth-order valence-electron chi connectivity index (χ4n) is 2.62. The number of benzene rings is 1. The van der Waals surface area contributed by atoms with E-state index in [1.54, 1.807) is 24.0 Å². The molecule has 2 heterocycles. The van der Waals surface area contributed by atoms with Gasteiger partial charge in [-0.2, -0.15) is 0 Å². The van der Waals surface area contributed by atoms with Gasteiger partial charge in [0.15, 0.2) is 0 Å². The fraction of sp³-hybridized carbons (Fsp3) is 0.294. The van der Waals surface area contributed by atoms with Gasteiger partial charge in [0.25, 0.3) is 5.91 Å². The van der Waals surface area contributed by atoms with Crippen molar-refractivity contribution in [3.63, 3.8) is 0 Å². The molecule has 1 aliphatic rings. The van der Waals surface area contributed by atoms with Crippen molar-refractivity contribution in [1.29, 1.82) is 0 Å². The monoisotopic (exact) mass is 325 g/mol. The molecule has 124 valence electrons. The minimum atomic E-state index is -0.595. The van der Waals surface area contributed by atoms with E-state index in [0.29, 0.717) is 23.7 Å². The van der Waals surface area contributed by atoms with Crippen LogP contribution in [-0.4, -0.2) is 46.8 Å². The highest BCUT2D eigenvalue weighted by Crippen LogP contribution is 2.24. The molecule has 1 N–H and O–H groups in total. The molecule has 2 aromatic rings. The summed E-state index contributed by atoms with van der Waals surface area (Å²) < 4.78 is 0. The number of carbonyl (C=O) groups is 2. The first kappa shape index (κ1) is 15.9. The van der Waals surface area contributed by atoms with Gasteiger partial charge in [-0.25, -0.2) is 9.97 Å². The molecule has 0 radical (unpaired) electrons. The number of nitrogens with zero attached hydrogens (tertiary/aromatic N) is 4. The van der Waals surface area contributed by atoms with Gasteiger partial charge in [-0.3, -0.25) is 9.59 Å². The average molecular weight is 325 g/mol. The van der Waals surface area contributed by atoms with Crippen LogP contribution < -0.4 is 10.2 Å². The fourth-order valence-corrected chi connectivity index (χ4v) is 2.62. The molecule has 1 aromatic heterocycles. The standard InChI is InChI=1S/C17H19N5O2/c1-11(22-9-12-6-4-5-7-13(12)17(22)24)16(23)20-14-8-15(21(2)3)19-10-18-14/h4-8,10-11H,9H2,1-3H3,(H,18,19,20,23)/t11-/m1/s1. The average Bonchev–Trinajstić information content (AvgIpc) is 2.91. The van der Waals surface area contributed by atoms with Crippen LogP contribution in [0, 0.1) is 0 Å². The first-order valence-corrected chi connectivity index (χ1v) is 7.66. The van der Waals surface area contributed by atoms with Gasteiger partial charge in [0.1, 0.15) is 24.0 Å². The Bertz CT molecular complexity index is 790. The number of anilines is 2. The third kappa shape index (κ3) is 2.92. The maximum Gasteiger partial charge on any atom is 0.255 e. The Morgan fingerprint density at radius 2 is 2.04 bits per heavy atom. The highest BCUT2D eigenvalue weighted by molar-refractivity contribution is 6.03. The van der Waals surface area contributed by atoms with Crippen LogP contribution in [0.3, 0.4) is 0 Å². The lowest BCUT2D eigenvalue weighted by Crippen LogP contribution is -2.42. The molecule has 0 spiro atoms. The number of nitrogens with one attached hydrogen (secondary N) is 1. The van der Waals surface area contributed by atoms with Crippen LogP contribution in [0.4, 0.5) is 11.6 Å². The highest BCUT2D eigenvalue weighted by Gasteiger charge is 2.33. The lowest BCUT2D eigenvalue weighted by molar-refractivity contribution is -0.120. The van der Waals surface area contributed by atoms with Crippen molar-refractivity contribution in [2.24, 2.45) is 0 Å². The molecule has 1 aromatic carbocycles. The SMILES string of the molecule is C[C@H](C(=O)Nc1cc(N(C)C)ncn1)N1Cc2ccccc2C1=O. The van der Waals surface area contributed by atoms with Gasteiger partial charge in [0.2, 0.25) is 5.91 Å². The van der Waals surface area contributed by atoms with Gasteiger partial charge in [-0.1, -0.05) is 18.2 Å². The van der Waals surface area contributed by atoms with E-state index in [9.17, 15) is 9.59 Å². The number of rotatable bonds is 4. The quantitative estimate of drug-likeness (QED) is 0.922. The summed E-state index contributed by atoms with van der Waals surface area (Å²) in [6.45, 7) is 2.16. The zero-order valence-corrected chi connectivity index (χ0v) is 13.9. The van der Waals surface area contributed by atoms with Crippen LogP contribution in [0.1, 0.15) is 22.8 Å². The van der Waals surface area contributed by atoms with Crippen LogP contribution in [0.5, 0.6) is 0 Å². The molecule has 3 rings (SSSR count). The molecule has 7 nitrogen and oxygen atoms in total. The maximum atomic E-state index is 12.5. The summed E-state index contributed by atoms with van der Waals surface area (Å²) in [6.07, 6.45) is 1.40. The van der Waals surface area contributed by atoms with Gasteiger partial charge in [0.05, 0.1) is 0 Å². The predicted octanol–water partition coefficient (Wildman–Crippen LogP) is 1.53. The van der Waals surface area contributed by atoms with Crippen molar-refractivity contribution in [1.82, 2.24) is 14.9 Å². The van der Waals surface area contributed by atoms with E-state index in [1.807, 2.05) is 37.2 Å². The first-order chi connectivity index (χ1) is 11.5. The first-order valence-electron chi connectivity index (χ1n) is 7.66. The third-order valence-corrected chi connectivity index (χ3v) is 4.06. The highest BCUT2D eigenvalue weighted by atomic mass is 16.2. The second-order valence-electron chi connectivity index (χ2n) is 5.91. The summed E-state index contributed by atoms with van der Waals surface area (Å²) in [4.78, 5) is 36.5. The maximum absolute atomic E-state index is 12.5. The predicted molar refractivity (Wildman–Crippen MR) is 90.8 cm³/mol. The Hall–Kier alpha value is -2.96. The summed E-state index contributed by atoms with van der Waals surface area (Å²) in [5.41, 5.74) is 1.60. The van der Waals surface area contributed by atoms with Crippen LogP contribution in [0.2, 0.25) is 0 Å². The van der Waals surface area contributed by atoms with Crippen molar-refractivity contribution >= 4 is 23.5 Å². The number of amides is 2. The van der Waals surface area contributed by atoms with E-state index in [4.69, 9.17) is 0 Å². The van der Waals surface area contributed by atoms with E-state index in [0.717, 1.165) is 5.56 Å². The molecule has 7 heteroatoms. The molecule has 1 aliphatic heterocycles. The molecular formula is C17H19N5O2. The minimum absolute atomic E-state index is 0.120. The molecule has 1 atom stereocenters. The second kappa shape index (κ2) is 6.27. The van der Waals surface area contributed by atoms with Crippen LogP contribution in [0.25, 0.3) is 0 Å². The summed E-state index contributed by atoms with van der Waals surface area (Å²) in [6, 6.07) is 8.51. The largest absolute Gasteiger partial charge is 0.363 e. The molecular weight excluding hydrogens is 306 g/mol. The number of hydrogen-bond acceptors (Lipinski definition) is 5. The number of aromatic nitrogens is 2. The van der Waals surface area contributed by atoms with Crippen LogP contribution in [0.15, 0.2) is 36.7 Å². The van der Waals surface area contributed by atoms with E-state index < -0.39 is 6.04 Å². The third-order valence-electron chi connectivity index (χ3n) is 4.06. The van der Waals surface area contributed by atoms with Gasteiger partial charge in [-0.05, 0) is 18.6 Å². The van der Waals surface area contributed by atoms with Crippen molar-refractivity contribution < 1.29 is 9.59 Å². The van der Waals surface area contributed by atoms with Crippen LogP contribution >= 0.6 is 0 Å². The van der Waals surface area contributed by atoms with E-state index in [1.165, 1.54) is 6.33 Å². The topological polar surface area (TPSA) is 78.4 Å². The smallest absolute Gasteiger partial charge is 0.255 e. The van der Waals surface area contributed by atoms with Gasteiger partial charge in [0, 0.05) is 32.3 Å². The summed E-state index contributed by atoms with van der Waals surface area (Å²) >= 11 is 0. The van der Waals surface area contributed by atoms with E-state index in [-0.39, 0.29) is 11.8 Å². The minimum Gasteiger partial charge on any atom is -0.363 e. The molecule has 2 amide bonds. The number of fused-ring (bicyclic) bond motifs is 1. The Morgan fingerprint density at radius 1 is 1.29 bits per heavy atom. The number of hydrogen-bond donors (Lipinski definition) is 1. The molecule has 24 heavy (non-hydrogen) atoms. The van der Waals surface area contributed by atoms with Crippen LogP contribution in [-0.2, 0) is 11.3 Å². The Balaban J connectivity index is 1.72. The Kier molecular flexibility index (Phi) is 4.16. The van der Waals surface area contributed by atoms with Gasteiger partial charge in [-0.15, -0.1) is 0 Å². The summed E-state index contributed by atoms with van der Waals surface area (Å²) in [5, 5.41) is 2.75. The lowest BCUT2D eigenvalue weighted by Gasteiger charge is -2.23. The van der Waals surface area contributed by atoms with E-state index in [2.05, 4.69) is 15.3 Å². The molecule has 0 unspecified atom stereocenters. The molecule has 0 saturated carbocycles. The van der Waals surface area contributed by atoms with E-state index >= 15 is 0 Å². The zero-order valence-electron chi connectivity index (χ0n) is 13.9. The second-order valence-corrected chi connectivity index (χ2v) is 5.91. The lowest BCUT2D eigenvalue weighted by atomic mass is 10.1. The molecule has 0 fully saturated rings. The normalized spacial score (nSPS) is 14.3. The molecule has 0 aliphatic carbocycles. The van der Waals surface area contributed by atoms with Crippen molar-refractivity contribution in [3.05, 3.63) is 47.8 Å². The van der Waals surface area contributed by atoms with Gasteiger partial charge < -0.3 is 15.1 Å². The van der Waals surface area contributed by atoms with Gasteiger partial charge >= 0.3 is 0 Å². The Labute approximate surface area is 140 Å². The number of carbonyl (C=O) groups excluding carboxylic acids is 2. The molecule has 0 bridgehead atoms. The zero-order chi connectivity index (χ0) is 17.3.